The molecule has 1 aromatic heterocycles. The van der Waals surface area contributed by atoms with Crippen LogP contribution in [-0.2, 0) is 17.9 Å². The average molecular weight is 184 g/mol. The predicted octanol–water partition coefficient (Wildman–Crippen LogP) is 0.182. The van der Waals surface area contributed by atoms with E-state index in [-0.39, 0.29) is 6.61 Å². The van der Waals surface area contributed by atoms with E-state index in [1.165, 1.54) is 17.9 Å². The molecular formula is C8H12N2O3. The van der Waals surface area contributed by atoms with E-state index in [4.69, 9.17) is 5.11 Å². The van der Waals surface area contributed by atoms with Crippen molar-refractivity contribution >= 4 is 5.97 Å². The first-order valence-corrected chi connectivity index (χ1v) is 3.98. The van der Waals surface area contributed by atoms with Crippen molar-refractivity contribution < 1.29 is 14.6 Å². The number of carbonyl (C=O) groups excluding carboxylic acids is 1. The summed E-state index contributed by atoms with van der Waals surface area (Å²) in [5, 5.41) is 12.8. The van der Waals surface area contributed by atoms with Gasteiger partial charge in [0, 0.05) is 6.54 Å². The molecule has 0 aliphatic carbocycles. The summed E-state index contributed by atoms with van der Waals surface area (Å²) in [5.41, 5.74) is 0.844. The van der Waals surface area contributed by atoms with Crippen LogP contribution in [0.5, 0.6) is 0 Å². The van der Waals surface area contributed by atoms with E-state index in [9.17, 15) is 4.79 Å². The number of hydrogen-bond donors (Lipinski definition) is 1. The van der Waals surface area contributed by atoms with Gasteiger partial charge in [0.1, 0.15) is 5.69 Å². The number of carbonyl (C=O) groups is 1. The molecule has 72 valence electrons. The van der Waals surface area contributed by atoms with Gasteiger partial charge in [0.25, 0.3) is 0 Å². The Balaban J connectivity index is 3.03. The highest BCUT2D eigenvalue weighted by atomic mass is 16.5. The molecule has 0 bridgehead atoms. The standard InChI is InChI=1S/C8H12N2O3/c1-3-10-7(8(12)13-2)4-6(5-11)9-10/h4,11H,3,5H2,1-2H3. The molecule has 0 aliphatic heterocycles. The second-order valence-electron chi connectivity index (χ2n) is 2.49. The van der Waals surface area contributed by atoms with Crippen LogP contribution in [0.25, 0.3) is 0 Å². The first kappa shape index (κ1) is 9.73. The average Bonchev–Trinajstić information content (AvgIpc) is 2.59. The minimum absolute atomic E-state index is 0.170. The Bertz CT molecular complexity index is 306. The van der Waals surface area contributed by atoms with Crippen molar-refractivity contribution in [2.24, 2.45) is 0 Å². The molecule has 0 saturated heterocycles. The van der Waals surface area contributed by atoms with Crippen LogP contribution in [0.15, 0.2) is 6.07 Å². The lowest BCUT2D eigenvalue weighted by molar-refractivity contribution is 0.0587. The van der Waals surface area contributed by atoms with Gasteiger partial charge in [0.05, 0.1) is 19.4 Å². The second-order valence-corrected chi connectivity index (χ2v) is 2.49. The van der Waals surface area contributed by atoms with Crippen molar-refractivity contribution in [3.63, 3.8) is 0 Å². The third-order valence-corrected chi connectivity index (χ3v) is 1.69. The number of aliphatic hydroxyl groups is 1. The maximum Gasteiger partial charge on any atom is 0.356 e. The van der Waals surface area contributed by atoms with Crippen LogP contribution >= 0.6 is 0 Å². The molecule has 0 aromatic carbocycles. The lowest BCUT2D eigenvalue weighted by Gasteiger charge is -2.00. The van der Waals surface area contributed by atoms with E-state index >= 15 is 0 Å². The molecule has 0 saturated carbocycles. The molecule has 0 aliphatic rings. The van der Waals surface area contributed by atoms with Crippen molar-refractivity contribution in [3.05, 3.63) is 17.5 Å². The first-order chi connectivity index (χ1) is 6.22. The highest BCUT2D eigenvalue weighted by molar-refractivity contribution is 5.87. The molecular weight excluding hydrogens is 172 g/mol. The summed E-state index contributed by atoms with van der Waals surface area (Å²) >= 11 is 0. The van der Waals surface area contributed by atoms with Gasteiger partial charge in [-0.1, -0.05) is 0 Å². The zero-order valence-corrected chi connectivity index (χ0v) is 7.65. The van der Waals surface area contributed by atoms with Gasteiger partial charge in [0.2, 0.25) is 0 Å². The zero-order valence-electron chi connectivity index (χ0n) is 7.65. The third kappa shape index (κ3) is 1.86. The Morgan fingerprint density at radius 2 is 2.46 bits per heavy atom. The van der Waals surface area contributed by atoms with Crippen LogP contribution in [0.3, 0.4) is 0 Å². The maximum absolute atomic E-state index is 11.2. The maximum atomic E-state index is 11.2. The third-order valence-electron chi connectivity index (χ3n) is 1.69. The van der Waals surface area contributed by atoms with Gasteiger partial charge in [-0.3, -0.25) is 4.68 Å². The molecule has 0 amide bonds. The summed E-state index contributed by atoms with van der Waals surface area (Å²) in [7, 11) is 1.31. The van der Waals surface area contributed by atoms with E-state index < -0.39 is 5.97 Å². The number of aliphatic hydroxyl groups excluding tert-OH is 1. The summed E-state index contributed by atoms with van der Waals surface area (Å²) in [4.78, 5) is 11.2. The van der Waals surface area contributed by atoms with Crippen LogP contribution in [0.4, 0.5) is 0 Å². The summed E-state index contributed by atoms with van der Waals surface area (Å²) in [6, 6.07) is 1.52. The second kappa shape index (κ2) is 4.04. The van der Waals surface area contributed by atoms with Gasteiger partial charge in [0.15, 0.2) is 0 Å². The van der Waals surface area contributed by atoms with E-state index in [1.807, 2.05) is 6.92 Å². The van der Waals surface area contributed by atoms with Crippen molar-refractivity contribution in [3.8, 4) is 0 Å². The number of methoxy groups -OCH3 is 1. The van der Waals surface area contributed by atoms with Crippen LogP contribution in [0, 0.1) is 0 Å². The highest BCUT2D eigenvalue weighted by Gasteiger charge is 2.13. The molecule has 1 aromatic rings. The number of aromatic nitrogens is 2. The first-order valence-electron chi connectivity index (χ1n) is 3.98. The summed E-state index contributed by atoms with van der Waals surface area (Å²) in [6.45, 7) is 2.27. The van der Waals surface area contributed by atoms with Crippen molar-refractivity contribution in [1.82, 2.24) is 9.78 Å². The van der Waals surface area contributed by atoms with Crippen LogP contribution < -0.4 is 0 Å². The number of esters is 1. The van der Waals surface area contributed by atoms with E-state index in [0.717, 1.165) is 0 Å². The number of nitrogens with zero attached hydrogens (tertiary/aromatic N) is 2. The number of hydrogen-bond acceptors (Lipinski definition) is 4. The van der Waals surface area contributed by atoms with E-state index in [2.05, 4.69) is 9.84 Å². The molecule has 13 heavy (non-hydrogen) atoms. The molecule has 1 rings (SSSR count). The van der Waals surface area contributed by atoms with Crippen LogP contribution in [-0.4, -0.2) is 28.0 Å². The zero-order chi connectivity index (χ0) is 9.84. The number of rotatable bonds is 3. The van der Waals surface area contributed by atoms with Crippen molar-refractivity contribution in [2.75, 3.05) is 7.11 Å². The number of ether oxygens (including phenoxy) is 1. The minimum atomic E-state index is -0.436. The molecule has 5 nitrogen and oxygen atoms in total. The van der Waals surface area contributed by atoms with Gasteiger partial charge >= 0.3 is 5.97 Å². The van der Waals surface area contributed by atoms with E-state index in [0.29, 0.717) is 17.9 Å². The molecule has 0 radical (unpaired) electrons. The highest BCUT2D eigenvalue weighted by Crippen LogP contribution is 2.05. The lowest BCUT2D eigenvalue weighted by Crippen LogP contribution is -2.10. The fourth-order valence-corrected chi connectivity index (χ4v) is 1.06. The quantitative estimate of drug-likeness (QED) is 0.681. The monoisotopic (exact) mass is 184 g/mol. The fourth-order valence-electron chi connectivity index (χ4n) is 1.06. The lowest BCUT2D eigenvalue weighted by atomic mass is 10.3. The molecule has 0 fully saturated rings. The summed E-state index contributed by atoms with van der Waals surface area (Å²) < 4.78 is 6.05. The van der Waals surface area contributed by atoms with Crippen LogP contribution in [0.2, 0.25) is 0 Å². The normalized spacial score (nSPS) is 10.1. The topological polar surface area (TPSA) is 64.3 Å². The Morgan fingerprint density at radius 1 is 1.77 bits per heavy atom. The van der Waals surface area contributed by atoms with Crippen LogP contribution in [0.1, 0.15) is 23.1 Å². The fraction of sp³-hybridized carbons (Fsp3) is 0.500. The largest absolute Gasteiger partial charge is 0.464 e. The van der Waals surface area contributed by atoms with Gasteiger partial charge in [-0.05, 0) is 13.0 Å². The SMILES string of the molecule is CCn1nc(CO)cc1C(=O)OC. The molecule has 0 unspecified atom stereocenters. The van der Waals surface area contributed by atoms with Gasteiger partial charge in [-0.2, -0.15) is 5.10 Å². The molecule has 0 atom stereocenters. The Morgan fingerprint density at radius 3 is 2.92 bits per heavy atom. The van der Waals surface area contributed by atoms with Crippen molar-refractivity contribution in [1.29, 1.82) is 0 Å². The van der Waals surface area contributed by atoms with Gasteiger partial charge in [-0.15, -0.1) is 0 Å². The molecule has 1 N–H and O–H groups in total. The number of aryl methyl sites for hydroxylation is 1. The van der Waals surface area contributed by atoms with Gasteiger partial charge < -0.3 is 9.84 Å². The Kier molecular flexibility index (Phi) is 3.02. The Labute approximate surface area is 75.9 Å². The predicted molar refractivity (Wildman–Crippen MR) is 45.2 cm³/mol. The summed E-state index contributed by atoms with van der Waals surface area (Å²) in [6.07, 6.45) is 0. The molecule has 5 heteroatoms. The Hall–Kier alpha value is -1.36. The molecule has 1 heterocycles. The van der Waals surface area contributed by atoms with Gasteiger partial charge in [-0.25, -0.2) is 4.79 Å². The summed E-state index contributed by atoms with van der Waals surface area (Å²) in [5.74, 6) is -0.436. The van der Waals surface area contributed by atoms with Crippen molar-refractivity contribution in [2.45, 2.75) is 20.1 Å². The molecule has 0 spiro atoms. The smallest absolute Gasteiger partial charge is 0.356 e. The van der Waals surface area contributed by atoms with E-state index in [1.54, 1.807) is 0 Å². The minimum Gasteiger partial charge on any atom is -0.464 e.